The quantitative estimate of drug-likeness (QED) is 0.590. The minimum atomic E-state index is -4.03. The monoisotopic (exact) mass is 454 g/mol. The highest BCUT2D eigenvalue weighted by atomic mass is 32.2. The topological polar surface area (TPSA) is 75.7 Å². The summed E-state index contributed by atoms with van der Waals surface area (Å²) in [5.41, 5.74) is 2.50. The number of rotatable bonds is 6. The van der Waals surface area contributed by atoms with Gasteiger partial charge in [-0.3, -0.25) is 9.52 Å². The number of hydrogen-bond donors (Lipinski definition) is 1. The summed E-state index contributed by atoms with van der Waals surface area (Å²) in [7, 11) is -4.03. The lowest BCUT2D eigenvalue weighted by molar-refractivity contribution is 0.0985. The van der Waals surface area contributed by atoms with Gasteiger partial charge in [0.2, 0.25) is 0 Å². The number of halogens is 1. The second kappa shape index (κ2) is 9.00. The van der Waals surface area contributed by atoms with Crippen molar-refractivity contribution in [2.24, 2.45) is 0 Å². The number of amides is 1. The maximum Gasteiger partial charge on any atom is 0.262 e. The van der Waals surface area contributed by atoms with E-state index in [4.69, 9.17) is 4.74 Å². The van der Waals surface area contributed by atoms with E-state index >= 15 is 0 Å². The predicted octanol–water partition coefficient (Wildman–Crippen LogP) is 4.62. The lowest BCUT2D eigenvalue weighted by atomic mass is 10.00. The van der Waals surface area contributed by atoms with Gasteiger partial charge < -0.3 is 9.64 Å². The summed E-state index contributed by atoms with van der Waals surface area (Å²) in [5, 5.41) is 0. The summed E-state index contributed by atoms with van der Waals surface area (Å²) in [4.78, 5) is 14.5. The van der Waals surface area contributed by atoms with E-state index in [1.54, 1.807) is 48.2 Å². The van der Waals surface area contributed by atoms with Gasteiger partial charge in [0.1, 0.15) is 0 Å². The molecule has 1 aliphatic heterocycles. The molecule has 0 bridgehead atoms. The molecule has 166 valence electrons. The molecule has 0 aliphatic carbocycles. The Morgan fingerprint density at radius 2 is 1.88 bits per heavy atom. The van der Waals surface area contributed by atoms with Gasteiger partial charge in [0.15, 0.2) is 11.6 Å². The Morgan fingerprint density at radius 1 is 1.09 bits per heavy atom. The molecule has 1 amide bonds. The van der Waals surface area contributed by atoms with Crippen LogP contribution in [0.3, 0.4) is 0 Å². The highest BCUT2D eigenvalue weighted by Gasteiger charge is 2.25. The number of nitrogens with one attached hydrogen (secondary N) is 1. The fraction of sp³-hybridized carbons (Fsp3) is 0.208. The molecule has 8 heteroatoms. The van der Waals surface area contributed by atoms with Crippen LogP contribution in [0.2, 0.25) is 0 Å². The largest absolute Gasteiger partial charge is 0.491 e. The van der Waals surface area contributed by atoms with Crippen molar-refractivity contribution in [2.75, 3.05) is 22.8 Å². The molecule has 32 heavy (non-hydrogen) atoms. The third-order valence-corrected chi connectivity index (χ3v) is 6.61. The first-order chi connectivity index (χ1) is 15.4. The Labute approximate surface area is 186 Å². The average molecular weight is 455 g/mol. The fourth-order valence-corrected chi connectivity index (χ4v) is 4.78. The van der Waals surface area contributed by atoms with Crippen molar-refractivity contribution in [1.29, 1.82) is 0 Å². The minimum Gasteiger partial charge on any atom is -0.491 e. The van der Waals surface area contributed by atoms with Crippen LogP contribution in [0.25, 0.3) is 0 Å². The van der Waals surface area contributed by atoms with Gasteiger partial charge in [-0.15, -0.1) is 0 Å². The second-order valence-electron chi connectivity index (χ2n) is 7.40. The molecule has 0 spiro atoms. The van der Waals surface area contributed by atoms with E-state index in [9.17, 15) is 17.6 Å². The van der Waals surface area contributed by atoms with Crippen LogP contribution >= 0.6 is 0 Å². The highest BCUT2D eigenvalue weighted by Crippen LogP contribution is 2.32. The number of ether oxygens (including phenoxy) is 1. The van der Waals surface area contributed by atoms with Crippen molar-refractivity contribution in [3.63, 3.8) is 0 Å². The molecular weight excluding hydrogens is 431 g/mol. The molecule has 0 unspecified atom stereocenters. The Kier molecular flexibility index (Phi) is 6.14. The normalized spacial score (nSPS) is 13.4. The first-order valence-electron chi connectivity index (χ1n) is 10.3. The van der Waals surface area contributed by atoms with E-state index in [1.165, 1.54) is 12.1 Å². The Balaban J connectivity index is 1.62. The van der Waals surface area contributed by atoms with Crippen LogP contribution in [-0.4, -0.2) is 27.5 Å². The third kappa shape index (κ3) is 4.45. The van der Waals surface area contributed by atoms with Crippen molar-refractivity contribution in [2.45, 2.75) is 24.7 Å². The molecule has 3 aromatic carbocycles. The van der Waals surface area contributed by atoms with Crippen molar-refractivity contribution < 1.29 is 22.3 Å². The number of nitrogens with zero attached hydrogens (tertiary/aromatic N) is 1. The summed E-state index contributed by atoms with van der Waals surface area (Å²) in [6, 6.07) is 17.6. The van der Waals surface area contributed by atoms with Crippen LogP contribution in [0.1, 0.15) is 29.3 Å². The number of anilines is 2. The molecule has 4 rings (SSSR count). The smallest absolute Gasteiger partial charge is 0.262 e. The zero-order valence-electron chi connectivity index (χ0n) is 17.5. The fourth-order valence-electron chi connectivity index (χ4n) is 3.72. The van der Waals surface area contributed by atoms with Gasteiger partial charge in [-0.05, 0) is 67.8 Å². The predicted molar refractivity (Wildman–Crippen MR) is 121 cm³/mol. The maximum absolute atomic E-state index is 14.2. The first-order valence-corrected chi connectivity index (χ1v) is 11.8. The van der Waals surface area contributed by atoms with Crippen LogP contribution in [0, 0.1) is 5.82 Å². The maximum atomic E-state index is 14.2. The molecule has 0 radical (unpaired) electrons. The molecule has 0 aromatic heterocycles. The lowest BCUT2D eigenvalue weighted by Crippen LogP contribution is -2.35. The number of carbonyl (C=O) groups excluding carboxylic acids is 1. The molecule has 3 aromatic rings. The number of hydrogen-bond acceptors (Lipinski definition) is 4. The van der Waals surface area contributed by atoms with E-state index < -0.39 is 15.8 Å². The molecule has 0 saturated carbocycles. The molecule has 6 nitrogen and oxygen atoms in total. The molecule has 0 saturated heterocycles. The molecule has 1 aliphatic rings. The van der Waals surface area contributed by atoms with Gasteiger partial charge in [-0.25, -0.2) is 12.8 Å². The van der Waals surface area contributed by atoms with Crippen molar-refractivity contribution >= 4 is 27.3 Å². The van der Waals surface area contributed by atoms with Crippen molar-refractivity contribution in [1.82, 2.24) is 0 Å². The van der Waals surface area contributed by atoms with Crippen LogP contribution < -0.4 is 14.4 Å². The number of fused-ring (bicyclic) bond motifs is 1. The number of benzene rings is 3. The number of sulfonamides is 1. The first kappa shape index (κ1) is 21.8. The summed E-state index contributed by atoms with van der Waals surface area (Å²) < 4.78 is 47.4. The van der Waals surface area contributed by atoms with Gasteiger partial charge in [0, 0.05) is 17.8 Å². The van der Waals surface area contributed by atoms with Crippen LogP contribution in [0.5, 0.6) is 5.75 Å². The average Bonchev–Trinajstić information content (AvgIpc) is 2.80. The van der Waals surface area contributed by atoms with Crippen LogP contribution in [0.4, 0.5) is 15.8 Å². The summed E-state index contributed by atoms with van der Waals surface area (Å²) >= 11 is 0. The molecular formula is C24H23FN2O4S. The van der Waals surface area contributed by atoms with E-state index in [0.717, 1.165) is 24.5 Å². The van der Waals surface area contributed by atoms with Gasteiger partial charge >= 0.3 is 0 Å². The van der Waals surface area contributed by atoms with Gasteiger partial charge in [0.25, 0.3) is 15.9 Å². The van der Waals surface area contributed by atoms with E-state index in [-0.39, 0.29) is 23.2 Å². The van der Waals surface area contributed by atoms with Crippen LogP contribution in [0.15, 0.2) is 71.6 Å². The minimum absolute atomic E-state index is 0.00435. The lowest BCUT2D eigenvalue weighted by Gasteiger charge is -2.30. The second-order valence-corrected chi connectivity index (χ2v) is 9.08. The van der Waals surface area contributed by atoms with E-state index in [2.05, 4.69) is 4.72 Å². The Morgan fingerprint density at radius 3 is 2.59 bits per heavy atom. The van der Waals surface area contributed by atoms with Crippen molar-refractivity contribution in [3.8, 4) is 5.75 Å². The summed E-state index contributed by atoms with van der Waals surface area (Å²) in [6.45, 7) is 2.53. The van der Waals surface area contributed by atoms with Crippen molar-refractivity contribution in [3.05, 3.63) is 83.7 Å². The summed E-state index contributed by atoms with van der Waals surface area (Å²) in [6.07, 6.45) is 1.62. The number of aryl methyl sites for hydroxylation is 1. The molecule has 1 N–H and O–H groups in total. The third-order valence-electron chi connectivity index (χ3n) is 5.24. The number of carbonyl (C=O) groups is 1. The molecule has 0 atom stereocenters. The SMILES string of the molecule is CCOc1ccc(S(=O)(=O)Nc2ccc3c(c2)N(C(=O)c2ccccc2)CCC3)cc1F. The Hall–Kier alpha value is -3.39. The van der Waals surface area contributed by atoms with E-state index in [0.29, 0.717) is 23.5 Å². The molecule has 0 fully saturated rings. The van der Waals surface area contributed by atoms with Gasteiger partial charge in [-0.2, -0.15) is 0 Å². The van der Waals surface area contributed by atoms with Gasteiger partial charge in [-0.1, -0.05) is 24.3 Å². The van der Waals surface area contributed by atoms with Gasteiger partial charge in [0.05, 0.1) is 17.2 Å². The standard InChI is InChI=1S/C24H23FN2O4S/c1-2-31-23-13-12-20(16-21(23)25)32(29,30)26-19-11-10-17-9-6-14-27(22(17)15-19)24(28)18-7-4-3-5-8-18/h3-5,7-8,10-13,15-16,26H,2,6,9,14H2,1H3. The van der Waals surface area contributed by atoms with E-state index in [1.807, 2.05) is 12.1 Å². The zero-order chi connectivity index (χ0) is 22.7. The summed E-state index contributed by atoms with van der Waals surface area (Å²) in [5.74, 6) is -0.893. The van der Waals surface area contributed by atoms with Crippen LogP contribution in [-0.2, 0) is 16.4 Å². The Bertz CT molecular complexity index is 1250. The molecule has 1 heterocycles. The highest BCUT2D eigenvalue weighted by molar-refractivity contribution is 7.92. The zero-order valence-corrected chi connectivity index (χ0v) is 18.4.